The fourth-order valence-corrected chi connectivity index (χ4v) is 1.67. The summed E-state index contributed by atoms with van der Waals surface area (Å²) >= 11 is 0. The number of nitrogens with zero attached hydrogens (tertiary/aromatic N) is 2. The molecule has 1 aliphatic heterocycles. The maximum atomic E-state index is 11.6. The number of rotatable bonds is 5. The van der Waals surface area contributed by atoms with Crippen LogP contribution in [0, 0.1) is 0 Å². The van der Waals surface area contributed by atoms with Gasteiger partial charge in [0.25, 0.3) is 0 Å². The van der Waals surface area contributed by atoms with Crippen molar-refractivity contribution in [2.24, 2.45) is 0 Å². The van der Waals surface area contributed by atoms with Crippen LogP contribution in [-0.2, 0) is 0 Å². The summed E-state index contributed by atoms with van der Waals surface area (Å²) in [5.41, 5.74) is 0. The number of amides is 2. The van der Waals surface area contributed by atoms with Gasteiger partial charge in [-0.2, -0.15) is 0 Å². The minimum atomic E-state index is 0.0846. The number of hydrogen-bond acceptors (Lipinski definition) is 1. The number of carbonyl (C=O) groups is 1. The van der Waals surface area contributed by atoms with Crippen LogP contribution in [0.15, 0.2) is 0 Å². The molecule has 1 heterocycles. The zero-order valence-electron chi connectivity index (χ0n) is 9.67. The van der Waals surface area contributed by atoms with Crippen LogP contribution < -0.4 is 10.6 Å². The highest BCUT2D eigenvalue weighted by molar-refractivity contribution is 5.74. The number of hydrogen-bond donors (Lipinski definition) is 1. The summed E-state index contributed by atoms with van der Waals surface area (Å²) in [6, 6.07) is 0.0846. The van der Waals surface area contributed by atoms with Crippen LogP contribution in [0.1, 0.15) is 32.6 Å². The molecule has 2 amide bonds. The van der Waals surface area contributed by atoms with Gasteiger partial charge in [-0.3, -0.25) is 0 Å². The molecule has 0 aromatic carbocycles. The summed E-state index contributed by atoms with van der Waals surface area (Å²) in [4.78, 5) is 13.5. The highest BCUT2D eigenvalue weighted by Gasteiger charge is 2.15. The van der Waals surface area contributed by atoms with Crippen molar-refractivity contribution in [3.63, 3.8) is 0 Å². The van der Waals surface area contributed by atoms with Crippen molar-refractivity contribution in [3.05, 3.63) is 0 Å². The first-order valence-electron chi connectivity index (χ1n) is 6.00. The summed E-state index contributed by atoms with van der Waals surface area (Å²) in [5, 5.41) is 7.17. The normalized spacial score (nSPS) is 16.5. The predicted octanol–water partition coefficient (Wildman–Crippen LogP) is 1.20. The molecule has 1 radical (unpaired) electrons. The van der Waals surface area contributed by atoms with E-state index in [1.54, 1.807) is 0 Å². The smallest absolute Gasteiger partial charge is 0.317 e. The molecule has 0 unspecified atom stereocenters. The number of urea groups is 1. The average molecular weight is 212 g/mol. The molecular weight excluding hydrogens is 190 g/mol. The minimum absolute atomic E-state index is 0.0846. The zero-order valence-corrected chi connectivity index (χ0v) is 9.67. The van der Waals surface area contributed by atoms with E-state index in [-0.39, 0.29) is 6.03 Å². The lowest BCUT2D eigenvalue weighted by Crippen LogP contribution is -2.48. The first kappa shape index (κ1) is 12.3. The van der Waals surface area contributed by atoms with Gasteiger partial charge >= 0.3 is 6.03 Å². The van der Waals surface area contributed by atoms with Crippen molar-refractivity contribution in [1.29, 1.82) is 0 Å². The summed E-state index contributed by atoms with van der Waals surface area (Å²) in [6.45, 7) is 6.15. The molecule has 1 rings (SSSR count). The monoisotopic (exact) mass is 212 g/mol. The molecule has 0 aromatic heterocycles. The van der Waals surface area contributed by atoms with Gasteiger partial charge in [-0.15, -0.1) is 0 Å². The Hall–Kier alpha value is -0.770. The highest BCUT2D eigenvalue weighted by atomic mass is 16.2. The van der Waals surface area contributed by atoms with E-state index in [9.17, 15) is 4.79 Å². The van der Waals surface area contributed by atoms with Gasteiger partial charge in [0.05, 0.1) is 0 Å². The number of unbranched alkanes of at least 4 members (excludes halogenated alkanes) is 3. The number of nitrogens with one attached hydrogen (secondary N) is 1. The Morgan fingerprint density at radius 2 is 2.00 bits per heavy atom. The Labute approximate surface area is 92.4 Å². The lowest BCUT2D eigenvalue weighted by atomic mass is 10.2. The van der Waals surface area contributed by atoms with Crippen molar-refractivity contribution in [2.45, 2.75) is 32.6 Å². The highest BCUT2D eigenvalue weighted by Crippen LogP contribution is 1.98. The van der Waals surface area contributed by atoms with Crippen molar-refractivity contribution in [1.82, 2.24) is 15.5 Å². The Bertz CT molecular complexity index is 179. The van der Waals surface area contributed by atoms with Crippen LogP contribution in [0.5, 0.6) is 0 Å². The summed E-state index contributed by atoms with van der Waals surface area (Å²) < 4.78 is 0. The Kier molecular flexibility index (Phi) is 6.16. The molecule has 0 bridgehead atoms. The number of piperazine rings is 1. The van der Waals surface area contributed by atoms with Gasteiger partial charge < -0.3 is 10.2 Å². The van der Waals surface area contributed by atoms with Crippen LogP contribution in [-0.4, -0.2) is 43.7 Å². The van der Waals surface area contributed by atoms with E-state index in [4.69, 9.17) is 0 Å². The topological polar surface area (TPSA) is 46.4 Å². The molecule has 87 valence electrons. The van der Waals surface area contributed by atoms with E-state index in [1.807, 2.05) is 4.90 Å². The molecule has 15 heavy (non-hydrogen) atoms. The fourth-order valence-electron chi connectivity index (χ4n) is 1.67. The van der Waals surface area contributed by atoms with Crippen molar-refractivity contribution in [2.75, 3.05) is 32.7 Å². The molecule has 0 saturated carbocycles. The van der Waals surface area contributed by atoms with Crippen LogP contribution in [0.25, 0.3) is 0 Å². The van der Waals surface area contributed by atoms with Gasteiger partial charge in [0.2, 0.25) is 0 Å². The van der Waals surface area contributed by atoms with E-state index < -0.39 is 0 Å². The molecule has 0 atom stereocenters. The Morgan fingerprint density at radius 1 is 1.27 bits per heavy atom. The second-order valence-electron chi connectivity index (χ2n) is 3.95. The van der Waals surface area contributed by atoms with Gasteiger partial charge in [-0.25, -0.2) is 10.1 Å². The van der Waals surface area contributed by atoms with Crippen LogP contribution in [0.4, 0.5) is 4.79 Å². The maximum Gasteiger partial charge on any atom is 0.317 e. The molecule has 0 aromatic rings. The second-order valence-corrected chi connectivity index (χ2v) is 3.95. The maximum absolute atomic E-state index is 11.6. The molecule has 0 aliphatic carbocycles. The standard InChI is InChI=1S/C11H22N3O/c1-2-3-4-5-6-13-11(15)14-9-7-12-8-10-14/h2-10H2,1H3,(H,13,15). The van der Waals surface area contributed by atoms with Crippen molar-refractivity contribution >= 4 is 6.03 Å². The third-order valence-corrected chi connectivity index (χ3v) is 2.65. The first-order valence-corrected chi connectivity index (χ1v) is 6.00. The van der Waals surface area contributed by atoms with Crippen LogP contribution in [0.2, 0.25) is 0 Å². The first-order chi connectivity index (χ1) is 7.34. The Balaban J connectivity index is 2.02. The SMILES string of the molecule is CCCCCCNC(=O)N1CC[N]CC1. The predicted molar refractivity (Wildman–Crippen MR) is 61.0 cm³/mol. The van der Waals surface area contributed by atoms with E-state index in [1.165, 1.54) is 19.3 Å². The van der Waals surface area contributed by atoms with E-state index in [2.05, 4.69) is 17.6 Å². The summed E-state index contributed by atoms with van der Waals surface area (Å²) in [7, 11) is 0. The quantitative estimate of drug-likeness (QED) is 0.684. The molecule has 1 aliphatic rings. The summed E-state index contributed by atoms with van der Waals surface area (Å²) in [5.74, 6) is 0. The lowest BCUT2D eigenvalue weighted by molar-refractivity contribution is 0.189. The Morgan fingerprint density at radius 3 is 2.67 bits per heavy atom. The van der Waals surface area contributed by atoms with Gasteiger partial charge in [0, 0.05) is 32.7 Å². The van der Waals surface area contributed by atoms with E-state index >= 15 is 0 Å². The third-order valence-electron chi connectivity index (χ3n) is 2.65. The van der Waals surface area contributed by atoms with Gasteiger partial charge in [0.1, 0.15) is 0 Å². The van der Waals surface area contributed by atoms with Crippen molar-refractivity contribution < 1.29 is 4.79 Å². The van der Waals surface area contributed by atoms with E-state index in [0.29, 0.717) is 0 Å². The van der Waals surface area contributed by atoms with Crippen LogP contribution in [0.3, 0.4) is 0 Å². The summed E-state index contributed by atoms with van der Waals surface area (Å²) in [6.07, 6.45) is 4.81. The average Bonchev–Trinajstić information content (AvgIpc) is 2.30. The molecule has 4 nitrogen and oxygen atoms in total. The molecule has 1 saturated heterocycles. The van der Waals surface area contributed by atoms with Gasteiger partial charge in [-0.05, 0) is 6.42 Å². The molecule has 1 N–H and O–H groups in total. The van der Waals surface area contributed by atoms with Gasteiger partial charge in [0.15, 0.2) is 0 Å². The zero-order chi connectivity index (χ0) is 10.9. The number of carbonyl (C=O) groups excluding carboxylic acids is 1. The molecular formula is C11H22N3O. The largest absolute Gasteiger partial charge is 0.338 e. The lowest BCUT2D eigenvalue weighted by Gasteiger charge is -2.26. The third kappa shape index (κ3) is 5.02. The van der Waals surface area contributed by atoms with E-state index in [0.717, 1.165) is 39.1 Å². The minimum Gasteiger partial charge on any atom is -0.338 e. The fraction of sp³-hybridized carbons (Fsp3) is 0.909. The van der Waals surface area contributed by atoms with Crippen molar-refractivity contribution in [3.8, 4) is 0 Å². The van der Waals surface area contributed by atoms with Crippen LogP contribution >= 0.6 is 0 Å². The van der Waals surface area contributed by atoms with Gasteiger partial charge in [-0.1, -0.05) is 26.2 Å². The molecule has 1 fully saturated rings. The molecule has 4 heteroatoms. The second kappa shape index (κ2) is 7.51. The molecule has 0 spiro atoms.